The Morgan fingerprint density at radius 2 is 1.67 bits per heavy atom. The molecule has 3 aliphatic carbocycles. The van der Waals surface area contributed by atoms with E-state index in [1.54, 1.807) is 6.08 Å². The zero-order valence-corrected chi connectivity index (χ0v) is 26.7. The zero-order valence-electron chi connectivity index (χ0n) is 26.7. The molecular weight excluding hydrogens is 522 g/mol. The van der Waals surface area contributed by atoms with E-state index in [9.17, 15) is 9.90 Å². The van der Waals surface area contributed by atoms with Gasteiger partial charge in [-0.15, -0.1) is 0 Å². The molecule has 42 heavy (non-hydrogen) atoms. The standard InChI is InChI=1S/C37H47NO4/c1-21(2)9-11-23-17-26-27-19-25-13-14-36(40)30-20-29(39)32-33(5,6)42-37(30,41-32)16-15-34(36,7)35(25,8)31(27)38-28(26)18-24(23)12-10-22(3)4/h9-10,17-18,20,25,32,38,40H,11-16,19H2,1-8H3/t25-,32-,34+,35+,36+,37-/m0/s1. The number of benzene rings is 1. The van der Waals surface area contributed by atoms with Gasteiger partial charge in [-0.05, 0) is 121 Å². The van der Waals surface area contributed by atoms with E-state index in [0.717, 1.165) is 32.1 Å². The molecular formula is C37H47NO4. The number of ether oxygens (including phenoxy) is 2. The summed E-state index contributed by atoms with van der Waals surface area (Å²) in [5, 5.41) is 14.2. The lowest BCUT2D eigenvalue weighted by Crippen LogP contribution is -2.69. The molecule has 0 amide bonds. The SMILES string of the molecule is CC(C)=CCc1cc2[nH]c3c(c2cc1CC=C(C)C)C[C@@H]1CC[C@@]2(O)C4=CC(=O)[C@@H]5O[C@@]4(CC[C@]2(C)[C@@]31C)OC5(C)C. The Bertz CT molecular complexity index is 1610. The average Bonchev–Trinajstić information content (AvgIpc) is 3.49. The summed E-state index contributed by atoms with van der Waals surface area (Å²) in [5.41, 5.74) is 7.29. The molecule has 2 bridgehead atoms. The molecule has 1 spiro atoms. The van der Waals surface area contributed by atoms with Crippen LogP contribution in [0.1, 0.15) is 103 Å². The van der Waals surface area contributed by atoms with Crippen LogP contribution in [0.2, 0.25) is 0 Å². The number of aromatic amines is 1. The van der Waals surface area contributed by atoms with Crippen LogP contribution in [0.5, 0.6) is 0 Å². The van der Waals surface area contributed by atoms with Crippen LogP contribution in [0, 0.1) is 11.3 Å². The number of carbonyl (C=O) groups excluding carboxylic acids is 1. The van der Waals surface area contributed by atoms with Gasteiger partial charge < -0.3 is 19.6 Å². The maximum atomic E-state index is 13.3. The van der Waals surface area contributed by atoms with Gasteiger partial charge in [-0.1, -0.05) is 37.1 Å². The molecule has 1 saturated heterocycles. The van der Waals surface area contributed by atoms with Crippen LogP contribution < -0.4 is 0 Å². The number of rotatable bonds is 4. The second-order valence-corrected chi connectivity index (χ2v) is 15.4. The Labute approximate surface area is 250 Å². The third-order valence-corrected chi connectivity index (χ3v) is 12.1. The van der Waals surface area contributed by atoms with Crippen LogP contribution in [0.4, 0.5) is 0 Å². The molecule has 3 fully saturated rings. The first-order valence-corrected chi connectivity index (χ1v) is 16.0. The first-order valence-electron chi connectivity index (χ1n) is 16.0. The van der Waals surface area contributed by atoms with Gasteiger partial charge in [0.2, 0.25) is 0 Å². The zero-order chi connectivity index (χ0) is 30.0. The highest BCUT2D eigenvalue weighted by Gasteiger charge is 2.75. The van der Waals surface area contributed by atoms with Gasteiger partial charge in [0.25, 0.3) is 0 Å². The molecule has 2 N–H and O–H groups in total. The summed E-state index contributed by atoms with van der Waals surface area (Å²) in [6.45, 7) is 17.2. The van der Waals surface area contributed by atoms with E-state index in [-0.39, 0.29) is 11.2 Å². The molecule has 2 saturated carbocycles. The molecule has 224 valence electrons. The number of carbonyl (C=O) groups is 1. The van der Waals surface area contributed by atoms with E-state index in [2.05, 4.69) is 70.8 Å². The number of hydrogen-bond acceptors (Lipinski definition) is 4. The van der Waals surface area contributed by atoms with Crippen LogP contribution in [-0.2, 0) is 38.9 Å². The molecule has 1 aromatic heterocycles. The first kappa shape index (κ1) is 28.3. The quantitative estimate of drug-likeness (QED) is 0.378. The summed E-state index contributed by atoms with van der Waals surface area (Å²) in [6, 6.07) is 4.81. The van der Waals surface area contributed by atoms with E-state index in [1.807, 2.05) is 13.8 Å². The lowest BCUT2D eigenvalue weighted by atomic mass is 9.42. The van der Waals surface area contributed by atoms with Crippen LogP contribution >= 0.6 is 0 Å². The van der Waals surface area contributed by atoms with Crippen LogP contribution in [0.25, 0.3) is 10.9 Å². The predicted octanol–water partition coefficient (Wildman–Crippen LogP) is 7.34. The third kappa shape index (κ3) is 3.51. The van der Waals surface area contributed by atoms with Crippen molar-refractivity contribution in [2.45, 2.75) is 129 Å². The molecule has 2 aromatic rings. The number of fused-ring (bicyclic) bond motifs is 9. The monoisotopic (exact) mass is 569 g/mol. The van der Waals surface area contributed by atoms with Gasteiger partial charge in [0.05, 0.1) is 5.60 Å². The highest BCUT2D eigenvalue weighted by molar-refractivity contribution is 5.97. The number of nitrogens with one attached hydrogen (secondary N) is 1. The fourth-order valence-corrected chi connectivity index (χ4v) is 9.58. The van der Waals surface area contributed by atoms with E-state index in [1.165, 1.54) is 44.4 Å². The number of aliphatic hydroxyl groups is 1. The molecule has 0 unspecified atom stereocenters. The third-order valence-electron chi connectivity index (χ3n) is 12.1. The fraction of sp³-hybridized carbons (Fsp3) is 0.595. The number of H-pyrrole nitrogens is 1. The second-order valence-electron chi connectivity index (χ2n) is 15.4. The molecule has 5 heteroatoms. The average molecular weight is 570 g/mol. The topological polar surface area (TPSA) is 71.5 Å². The summed E-state index contributed by atoms with van der Waals surface area (Å²) in [5.74, 6) is -0.678. The van der Waals surface area contributed by atoms with Crippen molar-refractivity contribution < 1.29 is 19.4 Å². The smallest absolute Gasteiger partial charge is 0.195 e. The van der Waals surface area contributed by atoms with Crippen molar-refractivity contribution in [3.8, 4) is 0 Å². The molecule has 5 aliphatic rings. The maximum Gasteiger partial charge on any atom is 0.195 e. The number of allylic oxidation sites excluding steroid dienone is 4. The number of aromatic nitrogens is 1. The van der Waals surface area contributed by atoms with Crippen molar-refractivity contribution in [2.24, 2.45) is 11.3 Å². The Kier molecular flexibility index (Phi) is 5.93. The molecule has 2 aliphatic heterocycles. The van der Waals surface area contributed by atoms with E-state index < -0.39 is 28.5 Å². The first-order chi connectivity index (χ1) is 19.7. The van der Waals surface area contributed by atoms with Gasteiger partial charge in [-0.3, -0.25) is 4.79 Å². The summed E-state index contributed by atoms with van der Waals surface area (Å²) >= 11 is 0. The van der Waals surface area contributed by atoms with Gasteiger partial charge in [0.1, 0.15) is 5.60 Å². The molecule has 1 aromatic carbocycles. The van der Waals surface area contributed by atoms with Gasteiger partial charge >= 0.3 is 0 Å². The molecule has 6 atom stereocenters. The van der Waals surface area contributed by atoms with Crippen molar-refractivity contribution in [2.75, 3.05) is 0 Å². The lowest BCUT2D eigenvalue weighted by molar-refractivity contribution is -0.247. The fourth-order valence-electron chi connectivity index (χ4n) is 9.58. The second kappa shape index (κ2) is 8.80. The minimum atomic E-state index is -1.19. The van der Waals surface area contributed by atoms with Crippen molar-refractivity contribution in [1.29, 1.82) is 0 Å². The minimum Gasteiger partial charge on any atom is -0.385 e. The molecule has 7 rings (SSSR count). The van der Waals surface area contributed by atoms with E-state index >= 15 is 0 Å². The Morgan fingerprint density at radius 1 is 1.00 bits per heavy atom. The number of hydrogen-bond donors (Lipinski definition) is 2. The lowest BCUT2D eigenvalue weighted by Gasteiger charge is -2.65. The van der Waals surface area contributed by atoms with Crippen molar-refractivity contribution >= 4 is 16.7 Å². The van der Waals surface area contributed by atoms with Crippen molar-refractivity contribution in [1.82, 2.24) is 4.98 Å². The van der Waals surface area contributed by atoms with Gasteiger partial charge in [-0.2, -0.15) is 0 Å². The van der Waals surface area contributed by atoms with Crippen LogP contribution in [-0.4, -0.2) is 39.0 Å². The van der Waals surface area contributed by atoms with Gasteiger partial charge in [0.15, 0.2) is 17.7 Å². The highest BCUT2D eigenvalue weighted by Crippen LogP contribution is 2.71. The van der Waals surface area contributed by atoms with Crippen LogP contribution in [0.3, 0.4) is 0 Å². The Morgan fingerprint density at radius 3 is 2.33 bits per heavy atom. The number of ketones is 1. The largest absolute Gasteiger partial charge is 0.385 e. The summed E-state index contributed by atoms with van der Waals surface area (Å²) in [4.78, 5) is 17.3. The van der Waals surface area contributed by atoms with Crippen molar-refractivity contribution in [3.05, 3.63) is 69.5 Å². The predicted molar refractivity (Wildman–Crippen MR) is 166 cm³/mol. The van der Waals surface area contributed by atoms with Gasteiger partial charge in [0, 0.05) is 39.4 Å². The summed E-state index contributed by atoms with van der Waals surface area (Å²) < 4.78 is 13.0. The summed E-state index contributed by atoms with van der Waals surface area (Å²) in [6.07, 6.45) is 11.5. The van der Waals surface area contributed by atoms with Gasteiger partial charge in [-0.25, -0.2) is 0 Å². The van der Waals surface area contributed by atoms with Crippen LogP contribution in [0.15, 0.2) is 47.1 Å². The Hall–Kier alpha value is -2.47. The molecule has 3 heterocycles. The minimum absolute atomic E-state index is 0.0846. The summed E-state index contributed by atoms with van der Waals surface area (Å²) in [7, 11) is 0. The molecule has 0 radical (unpaired) electrons. The Balaban J connectivity index is 1.36. The van der Waals surface area contributed by atoms with E-state index in [0.29, 0.717) is 24.3 Å². The molecule has 5 nitrogen and oxygen atoms in total. The highest BCUT2D eigenvalue weighted by atomic mass is 16.8. The van der Waals surface area contributed by atoms with Crippen molar-refractivity contribution in [3.63, 3.8) is 0 Å². The normalized spacial score (nSPS) is 37.5. The maximum absolute atomic E-state index is 13.3. The van der Waals surface area contributed by atoms with E-state index in [4.69, 9.17) is 9.47 Å².